The third-order valence-electron chi connectivity index (χ3n) is 4.52. The number of aliphatic hydroxyl groups is 2. The summed E-state index contributed by atoms with van der Waals surface area (Å²) in [5.41, 5.74) is 4.85. The van der Waals surface area contributed by atoms with Crippen LogP contribution in [0.5, 0.6) is 0 Å². The quantitative estimate of drug-likeness (QED) is 0.677. The molecule has 7 heteroatoms. The number of anilines is 1. The highest BCUT2D eigenvalue weighted by molar-refractivity contribution is 5.35. The maximum atomic E-state index is 12.0. The van der Waals surface area contributed by atoms with Crippen LogP contribution >= 0.6 is 0 Å². The molecule has 0 unspecified atom stereocenters. The number of nitrogens with zero attached hydrogens (tertiary/aromatic N) is 2. The average Bonchev–Trinajstić information content (AvgIpc) is 2.60. The normalized spacial score (nSPS) is 36.2. The summed E-state index contributed by atoms with van der Waals surface area (Å²) in [6, 6.07) is 0. The van der Waals surface area contributed by atoms with E-state index in [4.69, 9.17) is 10.5 Å². The molecule has 3 rings (SSSR count). The van der Waals surface area contributed by atoms with Crippen LogP contribution in [-0.4, -0.2) is 38.1 Å². The molecule has 0 amide bonds. The first-order valence-corrected chi connectivity index (χ1v) is 6.80. The molecule has 0 aromatic carbocycles. The third-order valence-corrected chi connectivity index (χ3v) is 4.52. The second kappa shape index (κ2) is 4.54. The van der Waals surface area contributed by atoms with Crippen LogP contribution in [0.3, 0.4) is 0 Å². The van der Waals surface area contributed by atoms with Crippen molar-refractivity contribution < 1.29 is 14.9 Å². The number of nitrogens with two attached hydrogens (primary N) is 1. The molecule has 1 aliphatic heterocycles. The molecule has 20 heavy (non-hydrogen) atoms. The van der Waals surface area contributed by atoms with Gasteiger partial charge in [0, 0.05) is 17.7 Å². The van der Waals surface area contributed by atoms with Gasteiger partial charge < -0.3 is 20.7 Å². The summed E-state index contributed by atoms with van der Waals surface area (Å²) >= 11 is 0. The maximum Gasteiger partial charge on any atom is 0.351 e. The molecule has 0 spiro atoms. The minimum Gasteiger partial charge on any atom is -0.393 e. The summed E-state index contributed by atoms with van der Waals surface area (Å²) in [6.07, 6.45) is 2.44. The van der Waals surface area contributed by atoms with Crippen molar-refractivity contribution in [2.24, 2.45) is 5.92 Å². The van der Waals surface area contributed by atoms with E-state index in [9.17, 15) is 15.0 Å². The van der Waals surface area contributed by atoms with Gasteiger partial charge in [-0.2, -0.15) is 4.98 Å². The van der Waals surface area contributed by atoms with E-state index >= 15 is 0 Å². The molecule has 2 aliphatic rings. The van der Waals surface area contributed by atoms with Gasteiger partial charge in [0.2, 0.25) is 0 Å². The topological polar surface area (TPSA) is 111 Å². The highest BCUT2D eigenvalue weighted by Gasteiger charge is 2.57. The van der Waals surface area contributed by atoms with Crippen molar-refractivity contribution in [2.75, 3.05) is 12.3 Å². The van der Waals surface area contributed by atoms with Crippen molar-refractivity contribution in [3.8, 4) is 0 Å². The van der Waals surface area contributed by atoms with E-state index in [1.807, 2.05) is 0 Å². The second-order valence-corrected chi connectivity index (χ2v) is 5.73. The fourth-order valence-corrected chi connectivity index (χ4v) is 3.32. The first-order chi connectivity index (χ1) is 9.48. The number of nitrogen functional groups attached to an aromatic ring is 1. The molecular formula is C13H19N3O4. The number of ether oxygens (including phenoxy) is 1. The molecule has 1 aromatic heterocycles. The van der Waals surface area contributed by atoms with Gasteiger partial charge in [-0.25, -0.2) is 4.79 Å². The molecule has 4 N–H and O–H groups in total. The molecule has 7 nitrogen and oxygen atoms in total. The van der Waals surface area contributed by atoms with E-state index in [1.165, 1.54) is 4.57 Å². The van der Waals surface area contributed by atoms with Gasteiger partial charge in [-0.15, -0.1) is 0 Å². The van der Waals surface area contributed by atoms with Gasteiger partial charge in [0.15, 0.2) is 0 Å². The summed E-state index contributed by atoms with van der Waals surface area (Å²) in [5.74, 6) is -0.0111. The molecule has 1 saturated heterocycles. The predicted molar refractivity (Wildman–Crippen MR) is 70.9 cm³/mol. The van der Waals surface area contributed by atoms with Crippen molar-refractivity contribution in [3.63, 3.8) is 0 Å². The molecule has 4 atom stereocenters. The summed E-state index contributed by atoms with van der Waals surface area (Å²) in [6.45, 7) is 1.51. The van der Waals surface area contributed by atoms with Crippen LogP contribution in [0, 0.1) is 12.8 Å². The summed E-state index contributed by atoms with van der Waals surface area (Å²) in [5, 5.41) is 19.9. The number of hydrogen-bond donors (Lipinski definition) is 3. The number of aryl methyl sites for hydroxylation is 1. The predicted octanol–water partition coefficient (Wildman–Crippen LogP) is -0.445. The Labute approximate surface area is 116 Å². The van der Waals surface area contributed by atoms with E-state index in [0.29, 0.717) is 12.0 Å². The summed E-state index contributed by atoms with van der Waals surface area (Å²) in [4.78, 5) is 15.8. The van der Waals surface area contributed by atoms with Crippen molar-refractivity contribution in [3.05, 3.63) is 22.2 Å². The van der Waals surface area contributed by atoms with Crippen LogP contribution in [0.2, 0.25) is 0 Å². The van der Waals surface area contributed by atoms with E-state index < -0.39 is 23.6 Å². The number of rotatable bonds is 2. The highest BCUT2D eigenvalue weighted by atomic mass is 16.6. The van der Waals surface area contributed by atoms with E-state index in [-0.39, 0.29) is 18.3 Å². The van der Waals surface area contributed by atoms with Crippen molar-refractivity contribution in [2.45, 2.75) is 44.1 Å². The lowest BCUT2D eigenvalue weighted by atomic mass is 9.78. The zero-order chi connectivity index (χ0) is 14.5. The summed E-state index contributed by atoms with van der Waals surface area (Å²) in [7, 11) is 0. The van der Waals surface area contributed by atoms with Gasteiger partial charge in [0.05, 0.1) is 12.7 Å². The minimum atomic E-state index is -0.956. The second-order valence-electron chi connectivity index (χ2n) is 5.73. The Morgan fingerprint density at radius 3 is 3.05 bits per heavy atom. The Balaban J connectivity index is 2.04. The van der Waals surface area contributed by atoms with Gasteiger partial charge in [-0.1, -0.05) is 0 Å². The number of aromatic nitrogens is 2. The van der Waals surface area contributed by atoms with Crippen LogP contribution in [-0.2, 0) is 4.74 Å². The fraction of sp³-hybridized carbons (Fsp3) is 0.692. The standard InChI is InChI=1S/C13H19N3O4/c1-7-5-16(12(19)15-10(7)14)11-8-3-2-4-13(6-17,20-11)9(8)18/h5,8-9,11,17-18H,2-4,6H2,1H3,(H2,14,15,19)/t8-,9+,11-,13-/m1/s1. The minimum absolute atomic E-state index is 0.199. The molecule has 2 fully saturated rings. The first-order valence-electron chi connectivity index (χ1n) is 6.80. The van der Waals surface area contributed by atoms with Gasteiger partial charge in [0.1, 0.15) is 17.6 Å². The Morgan fingerprint density at radius 1 is 1.65 bits per heavy atom. The van der Waals surface area contributed by atoms with E-state index in [0.717, 1.165) is 12.8 Å². The molecule has 110 valence electrons. The Bertz CT molecular complexity index is 587. The van der Waals surface area contributed by atoms with Crippen LogP contribution in [0.1, 0.15) is 31.1 Å². The van der Waals surface area contributed by atoms with Crippen molar-refractivity contribution >= 4 is 5.82 Å². The smallest absolute Gasteiger partial charge is 0.351 e. The van der Waals surface area contributed by atoms with Crippen molar-refractivity contribution in [1.29, 1.82) is 0 Å². The van der Waals surface area contributed by atoms with Crippen LogP contribution < -0.4 is 11.4 Å². The van der Waals surface area contributed by atoms with Gasteiger partial charge in [-0.05, 0) is 26.2 Å². The molecule has 1 aliphatic carbocycles. The number of hydrogen-bond acceptors (Lipinski definition) is 6. The van der Waals surface area contributed by atoms with Crippen LogP contribution in [0.15, 0.2) is 11.0 Å². The molecule has 0 radical (unpaired) electrons. The third kappa shape index (κ3) is 1.77. The zero-order valence-electron chi connectivity index (χ0n) is 11.3. The lowest BCUT2D eigenvalue weighted by Crippen LogP contribution is -2.47. The lowest BCUT2D eigenvalue weighted by Gasteiger charge is -2.33. The van der Waals surface area contributed by atoms with Gasteiger partial charge in [0.25, 0.3) is 0 Å². The fourth-order valence-electron chi connectivity index (χ4n) is 3.32. The number of fused-ring (bicyclic) bond motifs is 2. The Kier molecular flexibility index (Phi) is 3.07. The molecule has 2 heterocycles. The molecule has 2 bridgehead atoms. The zero-order valence-corrected chi connectivity index (χ0v) is 11.3. The van der Waals surface area contributed by atoms with E-state index in [1.54, 1.807) is 13.1 Å². The molecule has 1 saturated carbocycles. The SMILES string of the molecule is Cc1cn([C@@H]2O[C@@]3(CO)CCC[C@@H]2[C@@H]3O)c(=O)nc1N. The van der Waals surface area contributed by atoms with Crippen LogP contribution in [0.4, 0.5) is 5.82 Å². The summed E-state index contributed by atoms with van der Waals surface area (Å²) < 4.78 is 7.26. The monoisotopic (exact) mass is 281 g/mol. The maximum absolute atomic E-state index is 12.0. The van der Waals surface area contributed by atoms with Gasteiger partial charge >= 0.3 is 5.69 Å². The largest absolute Gasteiger partial charge is 0.393 e. The lowest BCUT2D eigenvalue weighted by molar-refractivity contribution is -0.132. The first kappa shape index (κ1) is 13.5. The molecule has 1 aromatic rings. The van der Waals surface area contributed by atoms with Crippen molar-refractivity contribution in [1.82, 2.24) is 9.55 Å². The molecular weight excluding hydrogens is 262 g/mol. The Morgan fingerprint density at radius 2 is 2.40 bits per heavy atom. The van der Waals surface area contributed by atoms with Crippen LogP contribution in [0.25, 0.3) is 0 Å². The average molecular weight is 281 g/mol. The number of aliphatic hydroxyl groups excluding tert-OH is 2. The highest BCUT2D eigenvalue weighted by Crippen LogP contribution is 2.49. The Hall–Kier alpha value is -1.44. The van der Waals surface area contributed by atoms with E-state index in [2.05, 4.69) is 4.98 Å². The van der Waals surface area contributed by atoms with Gasteiger partial charge in [-0.3, -0.25) is 4.57 Å².